The van der Waals surface area contributed by atoms with Gasteiger partial charge in [0.2, 0.25) is 0 Å². The Labute approximate surface area is 146 Å². The zero-order valence-electron chi connectivity index (χ0n) is 15.5. The molecule has 0 aromatic heterocycles. The molecular formula is C20H31N3O. The molecule has 1 aromatic carbocycles. The van der Waals surface area contributed by atoms with Crippen LogP contribution in [0, 0.1) is 5.92 Å². The quantitative estimate of drug-likeness (QED) is 0.922. The summed E-state index contributed by atoms with van der Waals surface area (Å²) in [5.41, 5.74) is 3.01. The van der Waals surface area contributed by atoms with E-state index < -0.39 is 0 Å². The standard InChI is InChI=1S/C20H31N3O/c1-15(2)9-10-21-19(24)22-11-12-23-14-20(3,4)17-8-6-5-7-16(17)18(23)13-22/h5-8,15,18H,9-14H2,1-4H3,(H,21,24). The molecule has 1 saturated heterocycles. The van der Waals surface area contributed by atoms with Gasteiger partial charge in [0.05, 0.1) is 6.04 Å². The third-order valence-corrected chi connectivity index (χ3v) is 5.42. The molecular weight excluding hydrogens is 298 g/mol. The van der Waals surface area contributed by atoms with E-state index in [9.17, 15) is 4.79 Å². The van der Waals surface area contributed by atoms with Crippen LogP contribution in [0.15, 0.2) is 24.3 Å². The van der Waals surface area contributed by atoms with Crippen molar-refractivity contribution in [2.45, 2.75) is 45.6 Å². The van der Waals surface area contributed by atoms with E-state index in [4.69, 9.17) is 0 Å². The Bertz CT molecular complexity index is 596. The van der Waals surface area contributed by atoms with Gasteiger partial charge in [-0.3, -0.25) is 4.90 Å². The first-order valence-electron chi connectivity index (χ1n) is 9.25. The maximum atomic E-state index is 12.5. The second-order valence-electron chi connectivity index (χ2n) is 8.32. The summed E-state index contributed by atoms with van der Waals surface area (Å²) in [5, 5.41) is 3.09. The minimum Gasteiger partial charge on any atom is -0.338 e. The number of nitrogens with zero attached hydrogens (tertiary/aromatic N) is 2. The predicted octanol–water partition coefficient (Wildman–Crippen LogP) is 3.39. The fraction of sp³-hybridized carbons (Fsp3) is 0.650. The number of nitrogens with one attached hydrogen (secondary N) is 1. The fourth-order valence-electron chi connectivity index (χ4n) is 4.07. The first kappa shape index (κ1) is 17.3. The molecule has 4 heteroatoms. The van der Waals surface area contributed by atoms with E-state index in [0.717, 1.165) is 39.1 Å². The van der Waals surface area contributed by atoms with E-state index in [2.05, 4.69) is 62.2 Å². The number of amides is 2. The van der Waals surface area contributed by atoms with Gasteiger partial charge in [-0.2, -0.15) is 0 Å². The number of carbonyl (C=O) groups excluding carboxylic acids is 1. The maximum absolute atomic E-state index is 12.5. The lowest BCUT2D eigenvalue weighted by molar-refractivity contribution is 0.0612. The highest BCUT2D eigenvalue weighted by Gasteiger charge is 2.40. The number of fused-ring (bicyclic) bond motifs is 3. The van der Waals surface area contributed by atoms with Crippen molar-refractivity contribution < 1.29 is 4.79 Å². The predicted molar refractivity (Wildman–Crippen MR) is 98.2 cm³/mol. The summed E-state index contributed by atoms with van der Waals surface area (Å²) in [6.07, 6.45) is 1.03. The van der Waals surface area contributed by atoms with E-state index in [1.165, 1.54) is 11.1 Å². The van der Waals surface area contributed by atoms with Crippen LogP contribution in [0.5, 0.6) is 0 Å². The summed E-state index contributed by atoms with van der Waals surface area (Å²) >= 11 is 0. The molecule has 1 N–H and O–H groups in total. The van der Waals surface area contributed by atoms with Crippen LogP contribution in [-0.4, -0.2) is 48.6 Å². The van der Waals surface area contributed by atoms with Gasteiger partial charge in [0.15, 0.2) is 0 Å². The van der Waals surface area contributed by atoms with E-state index in [1.54, 1.807) is 0 Å². The van der Waals surface area contributed by atoms with Gasteiger partial charge < -0.3 is 10.2 Å². The van der Waals surface area contributed by atoms with E-state index in [0.29, 0.717) is 12.0 Å². The normalized spacial score (nSPS) is 22.9. The molecule has 2 amide bonds. The second-order valence-corrected chi connectivity index (χ2v) is 8.32. The average Bonchev–Trinajstić information content (AvgIpc) is 2.54. The maximum Gasteiger partial charge on any atom is 0.317 e. The topological polar surface area (TPSA) is 35.6 Å². The molecule has 2 aliphatic rings. The highest BCUT2D eigenvalue weighted by Crippen LogP contribution is 2.40. The second kappa shape index (κ2) is 6.75. The Morgan fingerprint density at radius 2 is 2.04 bits per heavy atom. The van der Waals surface area contributed by atoms with Crippen molar-refractivity contribution in [1.29, 1.82) is 0 Å². The minimum atomic E-state index is 0.0950. The molecule has 1 aromatic rings. The third-order valence-electron chi connectivity index (χ3n) is 5.42. The Hall–Kier alpha value is -1.55. The van der Waals surface area contributed by atoms with Crippen LogP contribution in [0.25, 0.3) is 0 Å². The largest absolute Gasteiger partial charge is 0.338 e. The van der Waals surface area contributed by atoms with Crippen molar-refractivity contribution in [3.05, 3.63) is 35.4 Å². The Balaban J connectivity index is 1.71. The Kier molecular flexibility index (Phi) is 4.86. The van der Waals surface area contributed by atoms with Crippen LogP contribution in [0.1, 0.15) is 51.3 Å². The van der Waals surface area contributed by atoms with Crippen molar-refractivity contribution in [3.63, 3.8) is 0 Å². The SMILES string of the molecule is CC(C)CCNC(=O)N1CCN2CC(C)(C)c3ccccc3C2C1. The van der Waals surface area contributed by atoms with Crippen molar-refractivity contribution in [1.82, 2.24) is 15.1 Å². The van der Waals surface area contributed by atoms with Crippen molar-refractivity contribution in [2.75, 3.05) is 32.7 Å². The third kappa shape index (κ3) is 3.44. The van der Waals surface area contributed by atoms with Gasteiger partial charge in [0.1, 0.15) is 0 Å². The summed E-state index contributed by atoms with van der Waals surface area (Å²) < 4.78 is 0. The van der Waals surface area contributed by atoms with Crippen LogP contribution in [0.4, 0.5) is 4.79 Å². The number of hydrogen-bond donors (Lipinski definition) is 1. The zero-order valence-corrected chi connectivity index (χ0v) is 15.5. The van der Waals surface area contributed by atoms with Gasteiger partial charge in [-0.15, -0.1) is 0 Å². The molecule has 4 nitrogen and oxygen atoms in total. The minimum absolute atomic E-state index is 0.0950. The molecule has 2 aliphatic heterocycles. The van der Waals surface area contributed by atoms with Crippen molar-refractivity contribution in [3.8, 4) is 0 Å². The molecule has 1 unspecified atom stereocenters. The van der Waals surface area contributed by atoms with Gasteiger partial charge >= 0.3 is 6.03 Å². The number of piperazine rings is 1. The van der Waals surface area contributed by atoms with E-state index in [-0.39, 0.29) is 11.4 Å². The van der Waals surface area contributed by atoms with Crippen LogP contribution in [-0.2, 0) is 5.41 Å². The van der Waals surface area contributed by atoms with Gasteiger partial charge in [-0.1, -0.05) is 52.0 Å². The Morgan fingerprint density at radius 1 is 1.29 bits per heavy atom. The molecule has 0 aliphatic carbocycles. The molecule has 2 heterocycles. The first-order chi connectivity index (χ1) is 11.4. The lowest BCUT2D eigenvalue weighted by Crippen LogP contribution is -2.57. The highest BCUT2D eigenvalue weighted by atomic mass is 16.2. The number of urea groups is 1. The summed E-state index contributed by atoms with van der Waals surface area (Å²) in [5.74, 6) is 0.620. The number of carbonyl (C=O) groups is 1. The number of rotatable bonds is 3. The van der Waals surface area contributed by atoms with Crippen LogP contribution in [0.2, 0.25) is 0 Å². The molecule has 132 valence electrons. The molecule has 0 radical (unpaired) electrons. The first-order valence-corrected chi connectivity index (χ1v) is 9.25. The van der Waals surface area contributed by atoms with Gasteiger partial charge in [0.25, 0.3) is 0 Å². The molecule has 24 heavy (non-hydrogen) atoms. The summed E-state index contributed by atoms with van der Waals surface area (Å²) in [6, 6.07) is 9.19. The molecule has 0 bridgehead atoms. The highest BCUT2D eigenvalue weighted by molar-refractivity contribution is 5.74. The summed E-state index contributed by atoms with van der Waals surface area (Å²) in [7, 11) is 0. The molecule has 3 rings (SSSR count). The van der Waals surface area contributed by atoms with Gasteiger partial charge in [-0.05, 0) is 23.5 Å². The van der Waals surface area contributed by atoms with Crippen LogP contribution >= 0.6 is 0 Å². The number of benzene rings is 1. The number of hydrogen-bond acceptors (Lipinski definition) is 2. The Morgan fingerprint density at radius 3 is 2.79 bits per heavy atom. The smallest absolute Gasteiger partial charge is 0.317 e. The summed E-state index contributed by atoms with van der Waals surface area (Å²) in [6.45, 7) is 13.4. The van der Waals surface area contributed by atoms with E-state index in [1.807, 2.05) is 4.90 Å². The molecule has 1 atom stereocenters. The molecule has 0 spiro atoms. The van der Waals surface area contributed by atoms with Crippen LogP contribution in [0.3, 0.4) is 0 Å². The van der Waals surface area contributed by atoms with Gasteiger partial charge in [0, 0.05) is 38.1 Å². The summed E-state index contributed by atoms with van der Waals surface area (Å²) in [4.78, 5) is 17.0. The average molecular weight is 329 g/mol. The van der Waals surface area contributed by atoms with Crippen LogP contribution < -0.4 is 5.32 Å². The fourth-order valence-corrected chi connectivity index (χ4v) is 4.07. The molecule has 0 saturated carbocycles. The molecule has 1 fully saturated rings. The monoisotopic (exact) mass is 329 g/mol. The van der Waals surface area contributed by atoms with Gasteiger partial charge in [-0.25, -0.2) is 4.79 Å². The zero-order chi connectivity index (χ0) is 17.3. The lowest BCUT2D eigenvalue weighted by atomic mass is 9.75. The lowest BCUT2D eigenvalue weighted by Gasteiger charge is -2.49. The van der Waals surface area contributed by atoms with Crippen molar-refractivity contribution >= 4 is 6.03 Å². The van der Waals surface area contributed by atoms with E-state index >= 15 is 0 Å². The van der Waals surface area contributed by atoms with Crippen molar-refractivity contribution in [2.24, 2.45) is 5.92 Å².